The van der Waals surface area contributed by atoms with Crippen molar-refractivity contribution in [3.05, 3.63) is 24.3 Å². The molecule has 0 fully saturated rings. The maximum absolute atomic E-state index is 12.4. The summed E-state index contributed by atoms with van der Waals surface area (Å²) in [5, 5.41) is 23.1. The van der Waals surface area contributed by atoms with Crippen molar-refractivity contribution in [3.8, 4) is 0 Å². The Labute approximate surface area is 405 Å². The van der Waals surface area contributed by atoms with Gasteiger partial charge in [-0.3, -0.25) is 9.59 Å². The van der Waals surface area contributed by atoms with Gasteiger partial charge >= 0.3 is 5.97 Å². The van der Waals surface area contributed by atoms with Crippen molar-refractivity contribution < 1.29 is 24.5 Å². The molecule has 0 bridgehead atoms. The van der Waals surface area contributed by atoms with Crippen LogP contribution in [0.4, 0.5) is 0 Å². The molecule has 6 heteroatoms. The smallest absolute Gasteiger partial charge is 0.305 e. The van der Waals surface area contributed by atoms with Crippen LogP contribution in [0.25, 0.3) is 0 Å². The van der Waals surface area contributed by atoms with Crippen molar-refractivity contribution in [2.45, 2.75) is 328 Å². The lowest BCUT2D eigenvalue weighted by Crippen LogP contribution is -2.45. The van der Waals surface area contributed by atoms with Crippen LogP contribution in [0.2, 0.25) is 0 Å². The number of rotatable bonds is 54. The number of carbonyl (C=O) groups is 2. The average molecular weight is 917 g/mol. The summed E-state index contributed by atoms with van der Waals surface area (Å²) in [7, 11) is 0. The quantitative estimate of drug-likeness (QED) is 0.0321. The number of esters is 1. The third-order valence-corrected chi connectivity index (χ3v) is 13.5. The number of unbranched alkanes of at least 4 members (excludes halogenated alkanes) is 39. The topological polar surface area (TPSA) is 95.9 Å². The Morgan fingerprint density at radius 1 is 0.415 bits per heavy atom. The molecule has 6 nitrogen and oxygen atoms in total. The molecule has 65 heavy (non-hydrogen) atoms. The zero-order chi connectivity index (χ0) is 47.2. The van der Waals surface area contributed by atoms with Crippen molar-refractivity contribution in [1.29, 1.82) is 0 Å². The van der Waals surface area contributed by atoms with Crippen molar-refractivity contribution in [2.24, 2.45) is 0 Å². The molecular weight excluding hydrogens is 803 g/mol. The van der Waals surface area contributed by atoms with Gasteiger partial charge in [0.05, 0.1) is 25.4 Å². The maximum Gasteiger partial charge on any atom is 0.305 e. The third-order valence-electron chi connectivity index (χ3n) is 13.5. The zero-order valence-corrected chi connectivity index (χ0v) is 43.7. The van der Waals surface area contributed by atoms with Crippen LogP contribution in [0, 0.1) is 0 Å². The Morgan fingerprint density at radius 2 is 0.723 bits per heavy atom. The second-order valence-corrected chi connectivity index (χ2v) is 20.0. The molecule has 0 saturated carbocycles. The van der Waals surface area contributed by atoms with Gasteiger partial charge in [0.2, 0.25) is 5.91 Å². The van der Waals surface area contributed by atoms with Gasteiger partial charge in [-0.2, -0.15) is 0 Å². The fraction of sp³-hybridized carbons (Fsp3) is 0.898. The average Bonchev–Trinajstić information content (AvgIpc) is 3.31. The summed E-state index contributed by atoms with van der Waals surface area (Å²) in [4.78, 5) is 24.4. The molecular formula is C59H113NO5. The molecule has 0 radical (unpaired) electrons. The van der Waals surface area contributed by atoms with E-state index in [1.165, 1.54) is 238 Å². The molecule has 2 atom stereocenters. The summed E-state index contributed by atoms with van der Waals surface area (Å²) >= 11 is 0. The summed E-state index contributed by atoms with van der Waals surface area (Å²) in [5.74, 6) is -0.0339. The number of amides is 1. The van der Waals surface area contributed by atoms with Crippen molar-refractivity contribution >= 4 is 11.9 Å². The van der Waals surface area contributed by atoms with Gasteiger partial charge in [-0.1, -0.05) is 250 Å². The Balaban J connectivity index is 3.36. The summed E-state index contributed by atoms with van der Waals surface area (Å²) in [5.41, 5.74) is 0. The summed E-state index contributed by atoms with van der Waals surface area (Å²) in [6.45, 7) is 4.92. The standard InChI is InChI=1S/C59H113NO5/c1-3-5-7-9-11-13-14-29-33-37-41-45-49-53-59(64)65-54-50-46-42-38-34-31-28-26-24-22-20-18-16-15-17-19-21-23-25-27-30-32-36-40-44-48-52-58(63)60-56(55-61)57(62)51-47-43-39-35-12-10-8-6-4-2/h13-15,17,56-57,61-62H,3-12,16,18-55H2,1-2H3,(H,60,63)/b14-13-,17-15-. The first-order chi connectivity index (χ1) is 32.0. The summed E-state index contributed by atoms with van der Waals surface area (Å²) in [6, 6.07) is -0.540. The zero-order valence-electron chi connectivity index (χ0n) is 43.7. The van der Waals surface area contributed by atoms with Gasteiger partial charge in [0.25, 0.3) is 0 Å². The molecule has 384 valence electrons. The van der Waals surface area contributed by atoms with E-state index in [-0.39, 0.29) is 18.5 Å². The van der Waals surface area contributed by atoms with E-state index in [0.29, 0.717) is 25.9 Å². The molecule has 0 spiro atoms. The van der Waals surface area contributed by atoms with Crippen LogP contribution in [0.5, 0.6) is 0 Å². The van der Waals surface area contributed by atoms with Crippen LogP contribution in [0.1, 0.15) is 316 Å². The number of ether oxygens (including phenoxy) is 1. The van der Waals surface area contributed by atoms with Gasteiger partial charge in [-0.25, -0.2) is 0 Å². The number of hydrogen-bond donors (Lipinski definition) is 3. The molecule has 0 rings (SSSR count). The SMILES string of the molecule is CCCCCC/C=C\CCCCCCCC(=O)OCCCCCCCCCCCCCC/C=C\CCCCCCCCCCCCC(=O)NC(CO)C(O)CCCCCCCCCCC. The van der Waals surface area contributed by atoms with E-state index in [0.717, 1.165) is 44.9 Å². The first-order valence-corrected chi connectivity index (χ1v) is 29.1. The number of aliphatic hydroxyl groups excluding tert-OH is 2. The fourth-order valence-electron chi connectivity index (χ4n) is 8.98. The lowest BCUT2D eigenvalue weighted by Gasteiger charge is -2.22. The van der Waals surface area contributed by atoms with E-state index < -0.39 is 12.1 Å². The van der Waals surface area contributed by atoms with Crippen LogP contribution in [0.15, 0.2) is 24.3 Å². The van der Waals surface area contributed by atoms with Crippen LogP contribution in [0.3, 0.4) is 0 Å². The first-order valence-electron chi connectivity index (χ1n) is 29.1. The highest BCUT2D eigenvalue weighted by molar-refractivity contribution is 5.76. The van der Waals surface area contributed by atoms with E-state index >= 15 is 0 Å². The van der Waals surface area contributed by atoms with Gasteiger partial charge in [-0.05, 0) is 77.0 Å². The van der Waals surface area contributed by atoms with Crippen LogP contribution < -0.4 is 5.32 Å². The normalized spacial score (nSPS) is 12.7. The Bertz CT molecular complexity index is 1010. The van der Waals surface area contributed by atoms with E-state index in [1.807, 2.05) is 0 Å². The van der Waals surface area contributed by atoms with Gasteiger partial charge < -0.3 is 20.3 Å². The lowest BCUT2D eigenvalue weighted by molar-refractivity contribution is -0.143. The van der Waals surface area contributed by atoms with Crippen LogP contribution in [-0.2, 0) is 14.3 Å². The number of hydrogen-bond acceptors (Lipinski definition) is 5. The fourth-order valence-corrected chi connectivity index (χ4v) is 8.98. The lowest BCUT2D eigenvalue weighted by atomic mass is 10.0. The predicted octanol–water partition coefficient (Wildman–Crippen LogP) is 17.9. The molecule has 0 aromatic carbocycles. The van der Waals surface area contributed by atoms with Crippen molar-refractivity contribution in [3.63, 3.8) is 0 Å². The van der Waals surface area contributed by atoms with Gasteiger partial charge in [0.1, 0.15) is 0 Å². The molecule has 1 amide bonds. The van der Waals surface area contributed by atoms with E-state index in [1.54, 1.807) is 0 Å². The highest BCUT2D eigenvalue weighted by atomic mass is 16.5. The maximum atomic E-state index is 12.4. The minimum absolute atomic E-state index is 0.00491. The molecule has 0 aromatic heterocycles. The Kier molecular flexibility index (Phi) is 53.5. The van der Waals surface area contributed by atoms with Gasteiger partial charge in [-0.15, -0.1) is 0 Å². The van der Waals surface area contributed by atoms with E-state index in [4.69, 9.17) is 4.74 Å². The largest absolute Gasteiger partial charge is 0.466 e. The molecule has 0 aliphatic heterocycles. The predicted molar refractivity (Wildman–Crippen MR) is 283 cm³/mol. The van der Waals surface area contributed by atoms with Gasteiger partial charge in [0, 0.05) is 12.8 Å². The number of nitrogens with one attached hydrogen (secondary N) is 1. The monoisotopic (exact) mass is 916 g/mol. The summed E-state index contributed by atoms with van der Waals surface area (Å²) < 4.78 is 5.47. The highest BCUT2D eigenvalue weighted by Gasteiger charge is 2.20. The summed E-state index contributed by atoms with van der Waals surface area (Å²) in [6.07, 6.45) is 66.2. The van der Waals surface area contributed by atoms with E-state index in [9.17, 15) is 19.8 Å². The number of carbonyl (C=O) groups excluding carboxylic acids is 2. The minimum atomic E-state index is -0.662. The van der Waals surface area contributed by atoms with Crippen molar-refractivity contribution in [1.82, 2.24) is 5.32 Å². The molecule has 0 saturated heterocycles. The molecule has 3 N–H and O–H groups in total. The molecule has 0 aliphatic rings. The van der Waals surface area contributed by atoms with E-state index in [2.05, 4.69) is 43.5 Å². The van der Waals surface area contributed by atoms with Crippen molar-refractivity contribution in [2.75, 3.05) is 13.2 Å². The third kappa shape index (κ3) is 51.6. The van der Waals surface area contributed by atoms with Crippen LogP contribution in [-0.4, -0.2) is 47.4 Å². The second kappa shape index (κ2) is 54.9. The minimum Gasteiger partial charge on any atom is -0.466 e. The van der Waals surface area contributed by atoms with Crippen LogP contribution >= 0.6 is 0 Å². The molecule has 2 unspecified atom stereocenters. The Hall–Kier alpha value is -1.66. The second-order valence-electron chi connectivity index (χ2n) is 20.0. The Morgan fingerprint density at radius 3 is 1.11 bits per heavy atom. The molecule has 0 heterocycles. The first kappa shape index (κ1) is 63.3. The highest BCUT2D eigenvalue weighted by Crippen LogP contribution is 2.17. The number of allylic oxidation sites excluding steroid dienone is 4. The molecule has 0 aromatic rings. The van der Waals surface area contributed by atoms with Gasteiger partial charge in [0.15, 0.2) is 0 Å². The number of aliphatic hydroxyl groups is 2. The molecule has 0 aliphatic carbocycles.